The Morgan fingerprint density at radius 1 is 1.09 bits per heavy atom. The molecule has 0 spiro atoms. The molecule has 2 aromatic carbocycles. The molecule has 0 unspecified atom stereocenters. The third-order valence-electron chi connectivity index (χ3n) is 3.27. The Bertz CT molecular complexity index is 774. The number of hydrogen-bond donors (Lipinski definition) is 0. The van der Waals surface area contributed by atoms with Crippen LogP contribution in [-0.2, 0) is 12.2 Å². The smallest absolute Gasteiger partial charge is 0.276 e. The summed E-state index contributed by atoms with van der Waals surface area (Å²) < 4.78 is 11.9. The molecule has 6 heteroatoms. The van der Waals surface area contributed by atoms with E-state index in [4.69, 9.17) is 9.15 Å². The lowest BCUT2D eigenvalue weighted by molar-refractivity contribution is 0.413. The van der Waals surface area contributed by atoms with Crippen molar-refractivity contribution in [3.63, 3.8) is 0 Å². The van der Waals surface area contributed by atoms with Gasteiger partial charge in [0.1, 0.15) is 5.75 Å². The van der Waals surface area contributed by atoms with Gasteiger partial charge in [-0.15, -0.1) is 10.2 Å². The van der Waals surface area contributed by atoms with Crippen LogP contribution in [-0.4, -0.2) is 17.3 Å². The van der Waals surface area contributed by atoms with Crippen LogP contribution in [0.5, 0.6) is 5.75 Å². The van der Waals surface area contributed by atoms with Crippen molar-refractivity contribution in [3.05, 3.63) is 70.0 Å². The number of benzene rings is 2. The third kappa shape index (κ3) is 4.36. The Morgan fingerprint density at radius 3 is 2.61 bits per heavy atom. The number of ether oxygens (including phenoxy) is 1. The molecular weight excluding hydrogens is 376 g/mol. The van der Waals surface area contributed by atoms with E-state index in [9.17, 15) is 0 Å². The van der Waals surface area contributed by atoms with Gasteiger partial charge in [0.15, 0.2) is 0 Å². The van der Waals surface area contributed by atoms with Gasteiger partial charge in [-0.2, -0.15) is 0 Å². The molecule has 4 nitrogen and oxygen atoms in total. The fraction of sp³-hybridized carbons (Fsp3) is 0.176. The molecule has 23 heavy (non-hydrogen) atoms. The lowest BCUT2D eigenvalue weighted by Gasteiger charge is -2.01. The van der Waals surface area contributed by atoms with Crippen LogP contribution in [0.3, 0.4) is 0 Å². The Balaban J connectivity index is 1.60. The molecule has 0 N–H and O–H groups in total. The van der Waals surface area contributed by atoms with Crippen molar-refractivity contribution in [2.45, 2.75) is 17.4 Å². The number of thioether (sulfide) groups is 1. The second-order valence-corrected chi connectivity index (χ2v) is 6.65. The van der Waals surface area contributed by atoms with Crippen molar-refractivity contribution in [1.82, 2.24) is 10.2 Å². The maximum atomic E-state index is 5.70. The molecule has 0 aliphatic rings. The summed E-state index contributed by atoms with van der Waals surface area (Å²) in [6.45, 7) is 0. The molecule has 0 atom stereocenters. The van der Waals surface area contributed by atoms with Crippen LogP contribution >= 0.6 is 27.7 Å². The zero-order valence-corrected chi connectivity index (χ0v) is 14.9. The fourth-order valence-corrected chi connectivity index (χ4v) is 3.44. The highest BCUT2D eigenvalue weighted by molar-refractivity contribution is 9.10. The van der Waals surface area contributed by atoms with Crippen LogP contribution in [0.1, 0.15) is 17.0 Å². The molecular formula is C17H15BrN2O2S. The van der Waals surface area contributed by atoms with Crippen molar-refractivity contribution in [3.8, 4) is 5.75 Å². The molecule has 0 bridgehead atoms. The van der Waals surface area contributed by atoms with E-state index < -0.39 is 0 Å². The second kappa shape index (κ2) is 7.66. The zero-order chi connectivity index (χ0) is 16.1. The van der Waals surface area contributed by atoms with E-state index in [0.29, 0.717) is 17.5 Å². The molecule has 0 aliphatic carbocycles. The topological polar surface area (TPSA) is 48.2 Å². The third-order valence-corrected chi connectivity index (χ3v) is 4.91. The molecule has 3 aromatic rings. The van der Waals surface area contributed by atoms with E-state index in [1.54, 1.807) is 7.11 Å². The van der Waals surface area contributed by atoms with Gasteiger partial charge in [-0.1, -0.05) is 58.0 Å². The summed E-state index contributed by atoms with van der Waals surface area (Å²) >= 11 is 5.08. The summed E-state index contributed by atoms with van der Waals surface area (Å²) in [5.41, 5.74) is 2.31. The second-order valence-electron chi connectivity index (χ2n) is 4.87. The van der Waals surface area contributed by atoms with Gasteiger partial charge in [0, 0.05) is 10.2 Å². The molecule has 0 saturated heterocycles. The van der Waals surface area contributed by atoms with Crippen LogP contribution in [0.25, 0.3) is 0 Å². The molecule has 0 fully saturated rings. The van der Waals surface area contributed by atoms with Gasteiger partial charge in [-0.25, -0.2) is 0 Å². The van der Waals surface area contributed by atoms with Crippen LogP contribution in [0.15, 0.2) is 62.6 Å². The van der Waals surface area contributed by atoms with Crippen molar-refractivity contribution < 1.29 is 9.15 Å². The van der Waals surface area contributed by atoms with Crippen molar-refractivity contribution in [1.29, 1.82) is 0 Å². The van der Waals surface area contributed by atoms with Gasteiger partial charge in [0.25, 0.3) is 5.22 Å². The first-order chi connectivity index (χ1) is 11.2. The summed E-state index contributed by atoms with van der Waals surface area (Å²) in [6, 6.07) is 16.0. The molecule has 0 saturated carbocycles. The first-order valence-electron chi connectivity index (χ1n) is 7.06. The van der Waals surface area contributed by atoms with Gasteiger partial charge >= 0.3 is 0 Å². The molecule has 1 aromatic heterocycles. The largest absolute Gasteiger partial charge is 0.497 e. The molecule has 1 heterocycles. The van der Waals surface area contributed by atoms with Crippen molar-refractivity contribution in [2.75, 3.05) is 7.11 Å². The van der Waals surface area contributed by atoms with Gasteiger partial charge < -0.3 is 9.15 Å². The van der Waals surface area contributed by atoms with Gasteiger partial charge in [0.05, 0.1) is 13.5 Å². The van der Waals surface area contributed by atoms with E-state index in [1.807, 2.05) is 42.5 Å². The van der Waals surface area contributed by atoms with Gasteiger partial charge in [-0.3, -0.25) is 0 Å². The summed E-state index contributed by atoms with van der Waals surface area (Å²) in [5, 5.41) is 8.79. The Hall–Kier alpha value is -1.79. The van der Waals surface area contributed by atoms with E-state index in [0.717, 1.165) is 21.5 Å². The molecule has 0 radical (unpaired) electrons. The number of aromatic nitrogens is 2. The maximum absolute atomic E-state index is 5.70. The first-order valence-corrected chi connectivity index (χ1v) is 8.84. The Kier molecular flexibility index (Phi) is 5.35. The Labute approximate surface area is 147 Å². The highest BCUT2D eigenvalue weighted by Crippen LogP contribution is 2.26. The van der Waals surface area contributed by atoms with Gasteiger partial charge in [-0.05, 0) is 29.3 Å². The zero-order valence-electron chi connectivity index (χ0n) is 12.5. The molecule has 0 amide bonds. The van der Waals surface area contributed by atoms with Crippen LogP contribution in [0.2, 0.25) is 0 Å². The number of halogens is 1. The number of nitrogens with zero attached hydrogens (tertiary/aromatic N) is 2. The van der Waals surface area contributed by atoms with E-state index in [-0.39, 0.29) is 0 Å². The van der Waals surface area contributed by atoms with E-state index in [2.05, 4.69) is 32.2 Å². The van der Waals surface area contributed by atoms with Crippen LogP contribution in [0, 0.1) is 0 Å². The fourth-order valence-electron chi connectivity index (χ4n) is 2.04. The summed E-state index contributed by atoms with van der Waals surface area (Å²) in [5.74, 6) is 2.24. The van der Waals surface area contributed by atoms with Gasteiger partial charge in [0.2, 0.25) is 5.89 Å². The predicted molar refractivity (Wildman–Crippen MR) is 93.8 cm³/mol. The molecule has 118 valence electrons. The monoisotopic (exact) mass is 390 g/mol. The van der Waals surface area contributed by atoms with E-state index in [1.165, 1.54) is 17.3 Å². The summed E-state index contributed by atoms with van der Waals surface area (Å²) in [7, 11) is 1.65. The minimum atomic E-state index is 0.587. The number of rotatable bonds is 6. The van der Waals surface area contributed by atoms with Crippen molar-refractivity contribution >= 4 is 27.7 Å². The average molecular weight is 391 g/mol. The van der Waals surface area contributed by atoms with E-state index >= 15 is 0 Å². The lowest BCUT2D eigenvalue weighted by atomic mass is 10.1. The quantitative estimate of drug-likeness (QED) is 0.569. The summed E-state index contributed by atoms with van der Waals surface area (Å²) in [4.78, 5) is 0. The van der Waals surface area contributed by atoms with Crippen molar-refractivity contribution in [2.24, 2.45) is 0 Å². The normalized spacial score (nSPS) is 10.7. The predicted octanol–water partition coefficient (Wildman–Crippen LogP) is 4.72. The maximum Gasteiger partial charge on any atom is 0.276 e. The number of hydrogen-bond acceptors (Lipinski definition) is 5. The highest BCUT2D eigenvalue weighted by Gasteiger charge is 2.09. The Morgan fingerprint density at radius 2 is 1.87 bits per heavy atom. The lowest BCUT2D eigenvalue weighted by Crippen LogP contribution is -1.89. The van der Waals surface area contributed by atoms with Crippen LogP contribution < -0.4 is 4.74 Å². The summed E-state index contributed by atoms with van der Waals surface area (Å²) in [6.07, 6.45) is 0.618. The highest BCUT2D eigenvalue weighted by atomic mass is 79.9. The number of methoxy groups -OCH3 is 1. The first kappa shape index (κ1) is 16.1. The average Bonchev–Trinajstić information content (AvgIpc) is 3.02. The molecule has 0 aliphatic heterocycles. The minimum absolute atomic E-state index is 0.587. The van der Waals surface area contributed by atoms with Crippen LogP contribution in [0.4, 0.5) is 0 Å². The molecule has 3 rings (SSSR count). The standard InChI is InChI=1S/C17H15BrN2O2S/c1-21-14-8-6-12(7-9-14)10-16-19-20-17(22-16)23-11-13-4-2-3-5-15(13)18/h2-9H,10-11H2,1H3. The minimum Gasteiger partial charge on any atom is -0.497 e. The SMILES string of the molecule is COc1ccc(Cc2nnc(SCc3ccccc3Br)o2)cc1.